The Hall–Kier alpha value is -1.71. The molecule has 1 heterocycles. The average Bonchev–Trinajstić information content (AvgIpc) is 2.70. The van der Waals surface area contributed by atoms with Crippen molar-refractivity contribution in [3.63, 3.8) is 0 Å². The van der Waals surface area contributed by atoms with Crippen LogP contribution in [-0.4, -0.2) is 20.2 Å². The van der Waals surface area contributed by atoms with Crippen molar-refractivity contribution < 1.29 is 4.74 Å². The fourth-order valence-electron chi connectivity index (χ4n) is 2.66. The summed E-state index contributed by atoms with van der Waals surface area (Å²) in [5.74, 6) is 0.922. The highest BCUT2D eigenvalue weighted by Gasteiger charge is 2.19. The third-order valence-electron chi connectivity index (χ3n) is 3.62. The zero-order chi connectivity index (χ0) is 14.7. The number of para-hydroxylation sites is 2. The number of rotatable bonds is 3. The maximum atomic E-state index is 6.51. The second-order valence-corrected chi connectivity index (χ2v) is 5.54. The van der Waals surface area contributed by atoms with Crippen LogP contribution in [0.25, 0.3) is 0 Å². The molecule has 1 N–H and O–H groups in total. The zero-order valence-electron chi connectivity index (χ0n) is 12.1. The van der Waals surface area contributed by atoms with Gasteiger partial charge in [-0.15, -0.1) is 0 Å². The molecule has 0 saturated carbocycles. The summed E-state index contributed by atoms with van der Waals surface area (Å²) in [6.07, 6.45) is 0.975. The van der Waals surface area contributed by atoms with E-state index in [1.807, 2.05) is 31.3 Å². The van der Waals surface area contributed by atoms with E-state index in [2.05, 4.69) is 28.4 Å². The van der Waals surface area contributed by atoms with Crippen LogP contribution in [0, 0.1) is 0 Å². The number of nitrogens with zero attached hydrogens (tertiary/aromatic N) is 1. The minimum absolute atomic E-state index is 0.739. The van der Waals surface area contributed by atoms with E-state index < -0.39 is 0 Å². The molecule has 21 heavy (non-hydrogen) atoms. The summed E-state index contributed by atoms with van der Waals surface area (Å²) in [7, 11) is 1.93. The van der Waals surface area contributed by atoms with E-state index in [0.717, 1.165) is 48.3 Å². The molecule has 3 nitrogen and oxygen atoms in total. The molecule has 1 aliphatic heterocycles. The van der Waals surface area contributed by atoms with E-state index in [-0.39, 0.29) is 0 Å². The van der Waals surface area contributed by atoms with Crippen LogP contribution in [0.5, 0.6) is 5.75 Å². The molecule has 0 saturated heterocycles. The Kier molecular flexibility index (Phi) is 4.32. The summed E-state index contributed by atoms with van der Waals surface area (Å²) in [5, 5.41) is 3.92. The Morgan fingerprint density at radius 2 is 2.05 bits per heavy atom. The molecule has 2 aromatic rings. The number of halogens is 1. The van der Waals surface area contributed by atoms with Crippen LogP contribution in [0.4, 0.5) is 11.4 Å². The van der Waals surface area contributed by atoms with Crippen LogP contribution in [0.2, 0.25) is 5.02 Å². The van der Waals surface area contributed by atoms with Crippen molar-refractivity contribution >= 4 is 23.0 Å². The maximum absolute atomic E-state index is 6.51. The highest BCUT2D eigenvalue weighted by atomic mass is 35.5. The van der Waals surface area contributed by atoms with Crippen molar-refractivity contribution in [2.75, 3.05) is 25.1 Å². The highest BCUT2D eigenvalue weighted by Crippen LogP contribution is 2.39. The first-order valence-corrected chi connectivity index (χ1v) is 7.60. The Morgan fingerprint density at radius 1 is 1.19 bits per heavy atom. The van der Waals surface area contributed by atoms with E-state index in [1.54, 1.807) is 0 Å². The molecule has 0 aromatic heterocycles. The van der Waals surface area contributed by atoms with E-state index in [9.17, 15) is 0 Å². The minimum Gasteiger partial charge on any atom is -0.491 e. The third kappa shape index (κ3) is 2.99. The van der Waals surface area contributed by atoms with Gasteiger partial charge in [-0.25, -0.2) is 0 Å². The molecule has 0 radical (unpaired) electrons. The van der Waals surface area contributed by atoms with Gasteiger partial charge < -0.3 is 15.0 Å². The van der Waals surface area contributed by atoms with Crippen molar-refractivity contribution in [2.24, 2.45) is 0 Å². The normalized spacial score (nSPS) is 14.3. The van der Waals surface area contributed by atoms with Gasteiger partial charge in [0.1, 0.15) is 5.75 Å². The Morgan fingerprint density at radius 3 is 2.86 bits per heavy atom. The Bertz CT molecular complexity index is 630. The van der Waals surface area contributed by atoms with Crippen LogP contribution in [0.3, 0.4) is 0 Å². The largest absolute Gasteiger partial charge is 0.491 e. The predicted molar refractivity (Wildman–Crippen MR) is 87.8 cm³/mol. The summed E-state index contributed by atoms with van der Waals surface area (Å²) in [6.45, 7) is 2.46. The number of ether oxygens (including phenoxy) is 1. The van der Waals surface area contributed by atoms with Crippen molar-refractivity contribution in [3.8, 4) is 5.75 Å². The summed E-state index contributed by atoms with van der Waals surface area (Å²) in [5.41, 5.74) is 3.30. The van der Waals surface area contributed by atoms with Gasteiger partial charge in [0, 0.05) is 13.1 Å². The average molecular weight is 303 g/mol. The molecular formula is C17H19ClN2O. The quantitative estimate of drug-likeness (QED) is 0.928. The van der Waals surface area contributed by atoms with Gasteiger partial charge in [-0.1, -0.05) is 29.8 Å². The lowest BCUT2D eigenvalue weighted by molar-refractivity contribution is 0.322. The van der Waals surface area contributed by atoms with Gasteiger partial charge in [-0.3, -0.25) is 0 Å². The molecule has 0 unspecified atom stereocenters. The van der Waals surface area contributed by atoms with Crippen molar-refractivity contribution in [2.45, 2.75) is 13.0 Å². The fourth-order valence-corrected chi connectivity index (χ4v) is 2.97. The summed E-state index contributed by atoms with van der Waals surface area (Å²) in [6, 6.07) is 14.4. The second kappa shape index (κ2) is 6.37. The Labute approximate surface area is 130 Å². The SMILES string of the molecule is CNCc1ccc(N2CCCOc3ccccc32)c(Cl)c1. The predicted octanol–water partition coefficient (Wildman–Crippen LogP) is 3.98. The molecule has 110 valence electrons. The van der Waals surface area contributed by atoms with Crippen LogP contribution in [0.1, 0.15) is 12.0 Å². The maximum Gasteiger partial charge on any atom is 0.142 e. The van der Waals surface area contributed by atoms with Gasteiger partial charge in [-0.2, -0.15) is 0 Å². The lowest BCUT2D eigenvalue weighted by atomic mass is 10.1. The van der Waals surface area contributed by atoms with Crippen molar-refractivity contribution in [3.05, 3.63) is 53.1 Å². The van der Waals surface area contributed by atoms with Crippen molar-refractivity contribution in [1.82, 2.24) is 5.32 Å². The van der Waals surface area contributed by atoms with Gasteiger partial charge in [-0.05, 0) is 43.3 Å². The summed E-state index contributed by atoms with van der Waals surface area (Å²) >= 11 is 6.51. The van der Waals surface area contributed by atoms with Gasteiger partial charge in [0.05, 0.1) is 23.0 Å². The number of hydrogen-bond donors (Lipinski definition) is 1. The minimum atomic E-state index is 0.739. The van der Waals surface area contributed by atoms with Crippen LogP contribution in [0.15, 0.2) is 42.5 Å². The van der Waals surface area contributed by atoms with E-state index in [1.165, 1.54) is 5.56 Å². The smallest absolute Gasteiger partial charge is 0.142 e. The molecule has 2 aromatic carbocycles. The first kappa shape index (κ1) is 14.2. The molecule has 0 atom stereocenters. The summed E-state index contributed by atoms with van der Waals surface area (Å²) < 4.78 is 5.81. The number of fused-ring (bicyclic) bond motifs is 1. The monoisotopic (exact) mass is 302 g/mol. The third-order valence-corrected chi connectivity index (χ3v) is 3.93. The van der Waals surface area contributed by atoms with Crippen LogP contribution >= 0.6 is 11.6 Å². The van der Waals surface area contributed by atoms with E-state index in [4.69, 9.17) is 16.3 Å². The number of benzene rings is 2. The van der Waals surface area contributed by atoms with Gasteiger partial charge in [0.15, 0.2) is 0 Å². The van der Waals surface area contributed by atoms with Gasteiger partial charge in [0.25, 0.3) is 0 Å². The van der Waals surface area contributed by atoms with Crippen LogP contribution in [-0.2, 0) is 6.54 Å². The van der Waals surface area contributed by atoms with E-state index >= 15 is 0 Å². The fraction of sp³-hybridized carbons (Fsp3) is 0.294. The van der Waals surface area contributed by atoms with Crippen LogP contribution < -0.4 is 15.0 Å². The Balaban J connectivity index is 2.00. The molecule has 1 aliphatic rings. The zero-order valence-corrected chi connectivity index (χ0v) is 12.9. The molecular weight excluding hydrogens is 284 g/mol. The highest BCUT2D eigenvalue weighted by molar-refractivity contribution is 6.33. The molecule has 3 rings (SSSR count). The molecule has 0 spiro atoms. The molecule has 0 aliphatic carbocycles. The molecule has 0 bridgehead atoms. The standard InChI is InChI=1S/C17H19ClN2O/c1-19-12-13-7-8-15(14(18)11-13)20-9-4-10-21-17-6-3-2-5-16(17)20/h2-3,5-8,11,19H,4,9-10,12H2,1H3. The lowest BCUT2D eigenvalue weighted by Crippen LogP contribution is -2.18. The second-order valence-electron chi connectivity index (χ2n) is 5.14. The molecule has 4 heteroatoms. The first-order chi connectivity index (χ1) is 10.3. The summed E-state index contributed by atoms with van der Waals surface area (Å²) in [4.78, 5) is 2.24. The molecule has 0 fully saturated rings. The number of hydrogen-bond acceptors (Lipinski definition) is 3. The van der Waals surface area contributed by atoms with Crippen molar-refractivity contribution in [1.29, 1.82) is 0 Å². The molecule has 0 amide bonds. The van der Waals surface area contributed by atoms with Gasteiger partial charge >= 0.3 is 0 Å². The number of nitrogens with one attached hydrogen (secondary N) is 1. The van der Waals surface area contributed by atoms with E-state index in [0.29, 0.717) is 0 Å². The number of anilines is 2. The lowest BCUT2D eigenvalue weighted by Gasteiger charge is -2.25. The van der Waals surface area contributed by atoms with Gasteiger partial charge in [0.2, 0.25) is 0 Å². The first-order valence-electron chi connectivity index (χ1n) is 7.22. The topological polar surface area (TPSA) is 24.5 Å².